The molecule has 1 heterocycles. The van der Waals surface area contributed by atoms with Crippen LogP contribution < -0.4 is 4.74 Å². The summed E-state index contributed by atoms with van der Waals surface area (Å²) < 4.78 is 9.96. The predicted molar refractivity (Wildman–Crippen MR) is 63.7 cm³/mol. The quantitative estimate of drug-likeness (QED) is 0.803. The van der Waals surface area contributed by atoms with E-state index >= 15 is 0 Å². The number of ether oxygens (including phenoxy) is 1. The monoisotopic (exact) mass is 271 g/mol. The van der Waals surface area contributed by atoms with Crippen molar-refractivity contribution in [3.63, 3.8) is 0 Å². The van der Waals surface area contributed by atoms with Crippen molar-refractivity contribution in [2.45, 2.75) is 0 Å². The number of rotatable bonds is 3. The first-order valence-electron chi connectivity index (χ1n) is 4.62. The normalized spacial score (nSPS) is 10.3. The minimum atomic E-state index is -0.704. The Labute approximate surface area is 107 Å². The highest BCUT2D eigenvalue weighted by molar-refractivity contribution is 6.67. The predicted octanol–water partition coefficient (Wildman–Crippen LogP) is 3.38. The third-order valence-corrected chi connectivity index (χ3v) is 2.56. The zero-order valence-corrected chi connectivity index (χ0v) is 10.2. The Kier molecular flexibility index (Phi) is 3.36. The SMILES string of the molecule is COc1ccc(Cl)cc1-c1cc(C(=O)Cl)on1. The molecule has 0 radical (unpaired) electrons. The summed E-state index contributed by atoms with van der Waals surface area (Å²) in [4.78, 5) is 10.9. The average Bonchev–Trinajstić information content (AvgIpc) is 2.78. The van der Waals surface area contributed by atoms with Crippen LogP contribution in [0.5, 0.6) is 5.75 Å². The highest BCUT2D eigenvalue weighted by atomic mass is 35.5. The van der Waals surface area contributed by atoms with Crippen molar-refractivity contribution in [1.29, 1.82) is 0 Å². The number of aromatic nitrogens is 1. The summed E-state index contributed by atoms with van der Waals surface area (Å²) in [5.74, 6) is 0.556. The second-order valence-electron chi connectivity index (χ2n) is 3.19. The molecule has 0 saturated carbocycles. The molecule has 0 atom stereocenters. The molecule has 0 N–H and O–H groups in total. The van der Waals surface area contributed by atoms with Crippen LogP contribution in [-0.2, 0) is 0 Å². The van der Waals surface area contributed by atoms with Gasteiger partial charge >= 0.3 is 0 Å². The summed E-state index contributed by atoms with van der Waals surface area (Å²) >= 11 is 11.2. The Hall–Kier alpha value is -1.52. The first-order chi connectivity index (χ1) is 8.11. The van der Waals surface area contributed by atoms with Crippen LogP contribution in [0.1, 0.15) is 10.6 Å². The third-order valence-electron chi connectivity index (χ3n) is 2.14. The number of carbonyl (C=O) groups excluding carboxylic acids is 1. The maximum atomic E-state index is 10.9. The highest BCUT2D eigenvalue weighted by Gasteiger charge is 2.15. The Morgan fingerprint density at radius 3 is 2.76 bits per heavy atom. The molecule has 6 heteroatoms. The fourth-order valence-corrected chi connectivity index (χ4v) is 1.64. The van der Waals surface area contributed by atoms with Crippen LogP contribution in [0.3, 0.4) is 0 Å². The Balaban J connectivity index is 2.51. The van der Waals surface area contributed by atoms with Gasteiger partial charge in [0.25, 0.3) is 5.24 Å². The van der Waals surface area contributed by atoms with Gasteiger partial charge in [-0.1, -0.05) is 16.8 Å². The van der Waals surface area contributed by atoms with Crippen molar-refractivity contribution in [3.05, 3.63) is 35.0 Å². The molecule has 0 fully saturated rings. The van der Waals surface area contributed by atoms with E-state index in [4.69, 9.17) is 32.5 Å². The number of hydrogen-bond donors (Lipinski definition) is 0. The fourth-order valence-electron chi connectivity index (χ4n) is 1.38. The lowest BCUT2D eigenvalue weighted by atomic mass is 10.1. The first-order valence-corrected chi connectivity index (χ1v) is 5.38. The molecule has 0 spiro atoms. The van der Waals surface area contributed by atoms with E-state index in [1.54, 1.807) is 18.2 Å². The second-order valence-corrected chi connectivity index (χ2v) is 3.97. The fraction of sp³-hybridized carbons (Fsp3) is 0.0909. The first kappa shape index (κ1) is 12.0. The van der Waals surface area contributed by atoms with Crippen molar-refractivity contribution in [2.24, 2.45) is 0 Å². The van der Waals surface area contributed by atoms with Gasteiger partial charge in [-0.3, -0.25) is 4.79 Å². The van der Waals surface area contributed by atoms with E-state index in [2.05, 4.69) is 5.16 Å². The number of methoxy groups -OCH3 is 1. The third kappa shape index (κ3) is 2.43. The molecule has 17 heavy (non-hydrogen) atoms. The van der Waals surface area contributed by atoms with Crippen LogP contribution in [0, 0.1) is 0 Å². The Morgan fingerprint density at radius 2 is 2.18 bits per heavy atom. The molecule has 1 aromatic carbocycles. The molecule has 0 aliphatic rings. The largest absolute Gasteiger partial charge is 0.496 e. The van der Waals surface area contributed by atoms with Gasteiger partial charge in [-0.15, -0.1) is 0 Å². The van der Waals surface area contributed by atoms with Crippen LogP contribution in [-0.4, -0.2) is 17.5 Å². The molecular formula is C11H7Cl2NO3. The van der Waals surface area contributed by atoms with E-state index in [0.29, 0.717) is 22.0 Å². The van der Waals surface area contributed by atoms with Gasteiger partial charge in [0.1, 0.15) is 11.4 Å². The zero-order valence-electron chi connectivity index (χ0n) is 8.74. The lowest BCUT2D eigenvalue weighted by molar-refractivity contribution is 0.104. The van der Waals surface area contributed by atoms with Crippen molar-refractivity contribution < 1.29 is 14.1 Å². The summed E-state index contributed by atoms with van der Waals surface area (Å²) in [6, 6.07) is 6.50. The lowest BCUT2D eigenvalue weighted by Gasteiger charge is -2.05. The zero-order chi connectivity index (χ0) is 12.4. The number of nitrogens with zero attached hydrogens (tertiary/aromatic N) is 1. The average molecular weight is 272 g/mol. The molecule has 2 rings (SSSR count). The van der Waals surface area contributed by atoms with Crippen molar-refractivity contribution >= 4 is 28.4 Å². The minimum Gasteiger partial charge on any atom is -0.496 e. The van der Waals surface area contributed by atoms with E-state index < -0.39 is 5.24 Å². The molecule has 0 bridgehead atoms. The molecular weight excluding hydrogens is 265 g/mol. The lowest BCUT2D eigenvalue weighted by Crippen LogP contribution is -1.87. The van der Waals surface area contributed by atoms with Crippen LogP contribution in [0.15, 0.2) is 28.8 Å². The second kappa shape index (κ2) is 4.77. The molecule has 88 valence electrons. The number of carbonyl (C=O) groups is 1. The van der Waals surface area contributed by atoms with Crippen LogP contribution in [0.25, 0.3) is 11.3 Å². The summed E-state index contributed by atoms with van der Waals surface area (Å²) in [5.41, 5.74) is 1.07. The van der Waals surface area contributed by atoms with E-state index in [0.717, 1.165) is 0 Å². The number of hydrogen-bond acceptors (Lipinski definition) is 4. The van der Waals surface area contributed by atoms with Crippen LogP contribution in [0.2, 0.25) is 5.02 Å². The van der Waals surface area contributed by atoms with Gasteiger partial charge < -0.3 is 9.26 Å². The van der Waals surface area contributed by atoms with Gasteiger partial charge in [0.2, 0.25) is 5.76 Å². The summed E-state index contributed by atoms with van der Waals surface area (Å²) in [6.45, 7) is 0. The molecule has 0 aliphatic heterocycles. The maximum Gasteiger partial charge on any atom is 0.290 e. The Bertz CT molecular complexity index is 566. The van der Waals surface area contributed by atoms with Crippen molar-refractivity contribution in [2.75, 3.05) is 7.11 Å². The summed E-state index contributed by atoms with van der Waals surface area (Å²) in [5, 5.41) is 3.56. The molecule has 0 saturated heterocycles. The van der Waals surface area contributed by atoms with E-state index in [1.165, 1.54) is 13.2 Å². The number of benzene rings is 1. The number of halogens is 2. The van der Waals surface area contributed by atoms with Gasteiger partial charge in [-0.05, 0) is 29.8 Å². The summed E-state index contributed by atoms with van der Waals surface area (Å²) in [6.07, 6.45) is 0. The smallest absolute Gasteiger partial charge is 0.290 e. The molecule has 0 unspecified atom stereocenters. The van der Waals surface area contributed by atoms with Crippen molar-refractivity contribution in [1.82, 2.24) is 5.16 Å². The maximum absolute atomic E-state index is 10.9. The Morgan fingerprint density at radius 1 is 1.41 bits per heavy atom. The van der Waals surface area contributed by atoms with Gasteiger partial charge in [-0.2, -0.15) is 0 Å². The standard InChI is InChI=1S/C11H7Cl2NO3/c1-16-9-3-2-6(12)4-7(9)8-5-10(11(13)15)17-14-8/h2-5H,1H3. The van der Waals surface area contributed by atoms with Gasteiger partial charge in [-0.25, -0.2) is 0 Å². The highest BCUT2D eigenvalue weighted by Crippen LogP contribution is 2.32. The van der Waals surface area contributed by atoms with E-state index in [9.17, 15) is 4.79 Å². The molecule has 0 aliphatic carbocycles. The topological polar surface area (TPSA) is 52.3 Å². The van der Waals surface area contributed by atoms with E-state index in [1.807, 2.05) is 0 Å². The summed E-state index contributed by atoms with van der Waals surface area (Å²) in [7, 11) is 1.53. The van der Waals surface area contributed by atoms with E-state index in [-0.39, 0.29) is 5.76 Å². The molecule has 2 aromatic rings. The molecule has 0 amide bonds. The van der Waals surface area contributed by atoms with Gasteiger partial charge in [0.05, 0.1) is 7.11 Å². The van der Waals surface area contributed by atoms with Crippen LogP contribution in [0.4, 0.5) is 0 Å². The molecule has 4 nitrogen and oxygen atoms in total. The molecule has 1 aromatic heterocycles. The van der Waals surface area contributed by atoms with Crippen LogP contribution >= 0.6 is 23.2 Å². The van der Waals surface area contributed by atoms with Gasteiger partial charge in [0, 0.05) is 16.7 Å². The van der Waals surface area contributed by atoms with Crippen molar-refractivity contribution in [3.8, 4) is 17.0 Å². The van der Waals surface area contributed by atoms with Gasteiger partial charge in [0.15, 0.2) is 0 Å². The minimum absolute atomic E-state index is 0.0244.